The van der Waals surface area contributed by atoms with Crippen LogP contribution in [0.3, 0.4) is 0 Å². The largest absolute Gasteiger partial charge is 0.466 e. The third-order valence-corrected chi connectivity index (χ3v) is 5.21. The van der Waals surface area contributed by atoms with E-state index in [1.165, 1.54) is 0 Å². The van der Waals surface area contributed by atoms with Gasteiger partial charge in [0.1, 0.15) is 5.60 Å². The fraction of sp³-hybridized carbons (Fsp3) is 0.550. The molecule has 0 saturated carbocycles. The second-order valence-corrected chi connectivity index (χ2v) is 7.05. The third kappa shape index (κ3) is 4.58. The van der Waals surface area contributed by atoms with E-state index in [1.54, 1.807) is 29.2 Å². The van der Waals surface area contributed by atoms with Crippen LogP contribution in [-0.2, 0) is 14.3 Å². The minimum absolute atomic E-state index is 0.145. The Morgan fingerprint density at radius 3 is 2.63 bits per heavy atom. The molecule has 0 unspecified atom stereocenters. The molecule has 1 aromatic carbocycles. The first kappa shape index (κ1) is 19.2. The van der Waals surface area contributed by atoms with Crippen LogP contribution >= 0.6 is 0 Å². The fourth-order valence-electron chi connectivity index (χ4n) is 3.66. The van der Waals surface area contributed by atoms with Gasteiger partial charge in [0.2, 0.25) is 0 Å². The number of nitriles is 1. The van der Waals surface area contributed by atoms with Crippen LogP contribution in [0.15, 0.2) is 24.3 Å². The summed E-state index contributed by atoms with van der Waals surface area (Å²) >= 11 is 0. The molecule has 27 heavy (non-hydrogen) atoms. The van der Waals surface area contributed by atoms with E-state index >= 15 is 0 Å². The highest BCUT2D eigenvalue weighted by Gasteiger charge is 2.47. The van der Waals surface area contributed by atoms with Gasteiger partial charge in [0.05, 0.1) is 24.8 Å². The number of rotatable bonds is 6. The van der Waals surface area contributed by atoms with Gasteiger partial charge in [0, 0.05) is 38.0 Å². The van der Waals surface area contributed by atoms with Crippen molar-refractivity contribution >= 4 is 17.7 Å². The van der Waals surface area contributed by atoms with Crippen molar-refractivity contribution in [1.82, 2.24) is 4.90 Å². The van der Waals surface area contributed by atoms with Crippen molar-refractivity contribution in [3.8, 4) is 6.07 Å². The predicted molar refractivity (Wildman–Crippen MR) is 99.3 cm³/mol. The molecule has 0 radical (unpaired) electrons. The van der Waals surface area contributed by atoms with Gasteiger partial charge in [-0.05, 0) is 44.2 Å². The van der Waals surface area contributed by atoms with Crippen molar-refractivity contribution in [2.75, 3.05) is 37.7 Å². The van der Waals surface area contributed by atoms with Crippen LogP contribution in [0, 0.1) is 11.3 Å². The summed E-state index contributed by atoms with van der Waals surface area (Å²) in [6, 6.07) is 9.06. The molecular formula is C20H25N3O4. The van der Waals surface area contributed by atoms with Gasteiger partial charge in [-0.25, -0.2) is 4.79 Å². The zero-order chi connectivity index (χ0) is 19.3. The minimum Gasteiger partial charge on any atom is -0.466 e. The Morgan fingerprint density at radius 2 is 2.00 bits per heavy atom. The first-order valence-electron chi connectivity index (χ1n) is 9.44. The lowest BCUT2D eigenvalue weighted by Crippen LogP contribution is -2.47. The van der Waals surface area contributed by atoms with E-state index in [1.807, 2.05) is 6.92 Å². The number of hydrogen-bond acceptors (Lipinski definition) is 6. The molecule has 1 amide bonds. The van der Waals surface area contributed by atoms with Crippen molar-refractivity contribution in [2.24, 2.45) is 0 Å². The second-order valence-electron chi connectivity index (χ2n) is 7.05. The van der Waals surface area contributed by atoms with Gasteiger partial charge in [-0.2, -0.15) is 5.26 Å². The lowest BCUT2D eigenvalue weighted by molar-refractivity contribution is -0.143. The number of likely N-dealkylation sites (tertiary alicyclic amines) is 1. The number of hydrogen-bond donors (Lipinski definition) is 0. The van der Waals surface area contributed by atoms with Crippen LogP contribution in [0.5, 0.6) is 0 Å². The summed E-state index contributed by atoms with van der Waals surface area (Å²) < 4.78 is 10.7. The molecule has 2 heterocycles. The van der Waals surface area contributed by atoms with E-state index in [0.717, 1.165) is 44.6 Å². The molecule has 3 rings (SSSR count). The molecule has 1 spiro atoms. The Labute approximate surface area is 159 Å². The molecule has 0 aliphatic carbocycles. The van der Waals surface area contributed by atoms with Gasteiger partial charge in [0.15, 0.2) is 0 Å². The van der Waals surface area contributed by atoms with E-state index < -0.39 is 5.60 Å². The first-order chi connectivity index (χ1) is 13.0. The molecule has 7 heteroatoms. The standard InChI is InChI=1S/C20H25N3O4/c1-2-26-18(24)4-3-11-22-12-9-20(10-13-22)15-23(19(25)27-20)17-7-5-16(14-21)6-8-17/h5-8H,2-4,9-13,15H2,1H3. The highest BCUT2D eigenvalue weighted by Crippen LogP contribution is 2.35. The molecule has 0 atom stereocenters. The zero-order valence-electron chi connectivity index (χ0n) is 15.6. The predicted octanol–water partition coefficient (Wildman–Crippen LogP) is 2.69. The van der Waals surface area contributed by atoms with E-state index in [0.29, 0.717) is 25.1 Å². The number of esters is 1. The summed E-state index contributed by atoms with van der Waals surface area (Å²) in [4.78, 5) is 27.7. The van der Waals surface area contributed by atoms with Crippen LogP contribution in [0.25, 0.3) is 0 Å². The molecule has 2 saturated heterocycles. The number of amides is 1. The average molecular weight is 371 g/mol. The van der Waals surface area contributed by atoms with E-state index in [9.17, 15) is 9.59 Å². The average Bonchev–Trinajstić information content (AvgIpc) is 3.00. The summed E-state index contributed by atoms with van der Waals surface area (Å²) in [5, 5.41) is 8.90. The molecule has 1 aromatic rings. The van der Waals surface area contributed by atoms with Gasteiger partial charge < -0.3 is 14.4 Å². The Hall–Kier alpha value is -2.59. The molecule has 0 bridgehead atoms. The van der Waals surface area contributed by atoms with Crippen LogP contribution in [0.4, 0.5) is 10.5 Å². The number of ether oxygens (including phenoxy) is 2. The van der Waals surface area contributed by atoms with Gasteiger partial charge in [-0.3, -0.25) is 9.69 Å². The molecule has 2 aliphatic rings. The number of carbonyl (C=O) groups excluding carboxylic acids is 2. The van der Waals surface area contributed by atoms with Crippen molar-refractivity contribution in [2.45, 2.75) is 38.2 Å². The third-order valence-electron chi connectivity index (χ3n) is 5.21. The summed E-state index contributed by atoms with van der Waals surface area (Å²) in [6.45, 7) is 5.31. The van der Waals surface area contributed by atoms with Gasteiger partial charge in [-0.15, -0.1) is 0 Å². The number of benzene rings is 1. The smallest absolute Gasteiger partial charge is 0.415 e. The molecule has 144 valence electrons. The summed E-state index contributed by atoms with van der Waals surface area (Å²) in [6.07, 6.45) is 2.46. The van der Waals surface area contributed by atoms with E-state index in [4.69, 9.17) is 14.7 Å². The minimum atomic E-state index is -0.442. The maximum Gasteiger partial charge on any atom is 0.415 e. The summed E-state index contributed by atoms with van der Waals surface area (Å²) in [7, 11) is 0. The molecule has 2 aliphatic heterocycles. The number of nitrogens with zero attached hydrogens (tertiary/aromatic N) is 3. The van der Waals surface area contributed by atoms with Crippen molar-refractivity contribution in [3.63, 3.8) is 0 Å². The SMILES string of the molecule is CCOC(=O)CCCN1CCC2(CC1)CN(c1ccc(C#N)cc1)C(=O)O2. The van der Waals surface area contributed by atoms with Crippen LogP contribution in [0.2, 0.25) is 0 Å². The highest BCUT2D eigenvalue weighted by atomic mass is 16.6. The van der Waals surface area contributed by atoms with Gasteiger partial charge in [0.25, 0.3) is 0 Å². The first-order valence-corrected chi connectivity index (χ1v) is 9.44. The van der Waals surface area contributed by atoms with Crippen LogP contribution in [0.1, 0.15) is 38.2 Å². The van der Waals surface area contributed by atoms with Crippen molar-refractivity contribution in [1.29, 1.82) is 5.26 Å². The Bertz CT molecular complexity index is 718. The van der Waals surface area contributed by atoms with Crippen LogP contribution < -0.4 is 4.90 Å². The lowest BCUT2D eigenvalue weighted by Gasteiger charge is -2.37. The maximum atomic E-state index is 12.4. The van der Waals surface area contributed by atoms with Crippen molar-refractivity contribution < 1.29 is 19.1 Å². The highest BCUT2D eigenvalue weighted by molar-refractivity contribution is 5.90. The van der Waals surface area contributed by atoms with Crippen LogP contribution in [-0.4, -0.2) is 55.3 Å². The molecule has 2 fully saturated rings. The quantitative estimate of drug-likeness (QED) is 0.715. The second kappa shape index (κ2) is 8.40. The maximum absolute atomic E-state index is 12.4. The molecular weight excluding hydrogens is 346 g/mol. The van der Waals surface area contributed by atoms with Gasteiger partial charge in [-0.1, -0.05) is 0 Å². The summed E-state index contributed by atoms with van der Waals surface area (Å²) in [5.41, 5.74) is 0.882. The van der Waals surface area contributed by atoms with Gasteiger partial charge >= 0.3 is 12.1 Å². The molecule has 0 N–H and O–H groups in total. The van der Waals surface area contributed by atoms with Crippen molar-refractivity contribution in [3.05, 3.63) is 29.8 Å². The number of anilines is 1. The molecule has 0 aromatic heterocycles. The van der Waals surface area contributed by atoms with E-state index in [2.05, 4.69) is 11.0 Å². The number of piperidine rings is 1. The monoisotopic (exact) mass is 371 g/mol. The Balaban J connectivity index is 1.50. The topological polar surface area (TPSA) is 82.9 Å². The summed E-state index contributed by atoms with van der Waals surface area (Å²) in [5.74, 6) is -0.145. The van der Waals surface area contributed by atoms with E-state index in [-0.39, 0.29) is 12.1 Å². The lowest BCUT2D eigenvalue weighted by atomic mass is 9.91. The fourth-order valence-corrected chi connectivity index (χ4v) is 3.66. The zero-order valence-corrected chi connectivity index (χ0v) is 15.6. The normalized spacial score (nSPS) is 19.0. The molecule has 7 nitrogen and oxygen atoms in total. The Morgan fingerprint density at radius 1 is 1.30 bits per heavy atom. The Kier molecular flexibility index (Phi) is 5.97. The number of carbonyl (C=O) groups is 2.